The van der Waals surface area contributed by atoms with Gasteiger partial charge in [-0.15, -0.1) is 0 Å². The lowest BCUT2D eigenvalue weighted by molar-refractivity contribution is 0.178. The predicted octanol–water partition coefficient (Wildman–Crippen LogP) is 4.35. The molecule has 0 spiro atoms. The molecule has 1 aliphatic heterocycles. The van der Waals surface area contributed by atoms with Crippen LogP contribution < -0.4 is 9.46 Å². The first-order valence-corrected chi connectivity index (χ1v) is 13.4. The number of ether oxygens (including phenoxy) is 1. The molecular weight excluding hydrogens is 474 g/mol. The summed E-state index contributed by atoms with van der Waals surface area (Å²) in [6.07, 6.45) is 2.67. The number of β-amino-alcohol motifs (C(OH)–C–C–N with tert-alkyl or cyclic N) is 1. The molecule has 36 heavy (non-hydrogen) atoms. The molecule has 2 aromatic carbocycles. The molecule has 8 nitrogen and oxygen atoms in total. The number of rotatable bonds is 9. The minimum Gasteiger partial charge on any atom is -0.490 e. The van der Waals surface area contributed by atoms with Crippen LogP contribution in [0.25, 0.3) is 22.8 Å². The van der Waals surface area contributed by atoms with Gasteiger partial charge in [0.25, 0.3) is 5.89 Å². The Balaban J connectivity index is 1.27. The third-order valence-electron chi connectivity index (χ3n) is 6.63. The Kier molecular flexibility index (Phi) is 7.58. The molecule has 2 N–H and O–H groups in total. The highest BCUT2D eigenvalue weighted by Crippen LogP contribution is 2.38. The average Bonchev–Trinajstić information content (AvgIpc) is 3.62. The second-order valence-electron chi connectivity index (χ2n) is 9.59. The summed E-state index contributed by atoms with van der Waals surface area (Å²) in [7, 11) is 0. The number of hydrogen-bond acceptors (Lipinski definition) is 9. The van der Waals surface area contributed by atoms with Gasteiger partial charge in [-0.1, -0.05) is 35.3 Å². The standard InChI is InChI=1S/C27H31N5O3S/c1-17(2)34-25-9-6-18(14-19(25)15-28)27-29-26(30-35-27)23-5-3-4-22-21(23)7-8-24(22)31-36-13-12-32-11-10-20(33)16-32/h3-6,9,14,17,20,24,31,33H,7-8,10-13,16H2,1-2H3. The van der Waals surface area contributed by atoms with E-state index in [0.717, 1.165) is 50.2 Å². The van der Waals surface area contributed by atoms with E-state index in [1.165, 1.54) is 11.1 Å². The first-order valence-electron chi connectivity index (χ1n) is 12.5. The number of nitrogens with one attached hydrogen (secondary N) is 1. The highest BCUT2D eigenvalue weighted by atomic mass is 32.2. The van der Waals surface area contributed by atoms with Crippen molar-refractivity contribution in [3.05, 3.63) is 53.1 Å². The van der Waals surface area contributed by atoms with E-state index in [1.807, 2.05) is 32.0 Å². The van der Waals surface area contributed by atoms with Crippen LogP contribution in [0.1, 0.15) is 49.4 Å². The van der Waals surface area contributed by atoms with Crippen LogP contribution in [0, 0.1) is 11.3 Å². The van der Waals surface area contributed by atoms with Crippen LogP contribution in [0.15, 0.2) is 40.9 Å². The highest BCUT2D eigenvalue weighted by molar-refractivity contribution is 7.97. The number of nitriles is 1. The van der Waals surface area contributed by atoms with Crippen LogP contribution in [0.3, 0.4) is 0 Å². The van der Waals surface area contributed by atoms with E-state index < -0.39 is 0 Å². The zero-order chi connectivity index (χ0) is 25.1. The van der Waals surface area contributed by atoms with Crippen molar-refractivity contribution in [2.24, 2.45) is 0 Å². The fourth-order valence-corrected chi connectivity index (χ4v) is 5.81. The Bertz CT molecular complexity index is 1250. The molecule has 1 saturated heterocycles. The maximum absolute atomic E-state index is 9.69. The number of nitrogens with zero attached hydrogens (tertiary/aromatic N) is 4. The Morgan fingerprint density at radius 1 is 1.31 bits per heavy atom. The summed E-state index contributed by atoms with van der Waals surface area (Å²) in [5.41, 5.74) is 4.65. The van der Waals surface area contributed by atoms with Crippen molar-refractivity contribution >= 4 is 11.9 Å². The van der Waals surface area contributed by atoms with Crippen molar-refractivity contribution in [1.29, 1.82) is 5.26 Å². The van der Waals surface area contributed by atoms with Gasteiger partial charge < -0.3 is 14.4 Å². The fraction of sp³-hybridized carbons (Fsp3) is 0.444. The predicted molar refractivity (Wildman–Crippen MR) is 139 cm³/mol. The molecule has 9 heteroatoms. The molecule has 3 aromatic rings. The number of aromatic nitrogens is 2. The minimum atomic E-state index is -0.166. The molecular formula is C27H31N5O3S. The van der Waals surface area contributed by atoms with Crippen molar-refractivity contribution in [1.82, 2.24) is 19.8 Å². The van der Waals surface area contributed by atoms with Crippen molar-refractivity contribution in [2.45, 2.75) is 51.4 Å². The third kappa shape index (κ3) is 5.42. The molecule has 2 unspecified atom stereocenters. The van der Waals surface area contributed by atoms with E-state index in [4.69, 9.17) is 9.26 Å². The summed E-state index contributed by atoms with van der Waals surface area (Å²) in [5.74, 6) is 2.47. The van der Waals surface area contributed by atoms with E-state index in [9.17, 15) is 10.4 Å². The van der Waals surface area contributed by atoms with Gasteiger partial charge in [0.1, 0.15) is 11.8 Å². The van der Waals surface area contributed by atoms with Gasteiger partial charge in [-0.2, -0.15) is 10.2 Å². The quantitative estimate of drug-likeness (QED) is 0.324. The second-order valence-corrected chi connectivity index (χ2v) is 10.5. The van der Waals surface area contributed by atoms with Crippen LogP contribution in [-0.2, 0) is 6.42 Å². The summed E-state index contributed by atoms with van der Waals surface area (Å²) in [4.78, 5) is 6.98. The van der Waals surface area contributed by atoms with Gasteiger partial charge in [-0.05, 0) is 62.4 Å². The minimum absolute atomic E-state index is 0.0195. The molecule has 0 saturated carbocycles. The zero-order valence-electron chi connectivity index (χ0n) is 20.6. The van der Waals surface area contributed by atoms with Crippen molar-refractivity contribution < 1.29 is 14.4 Å². The largest absolute Gasteiger partial charge is 0.490 e. The maximum Gasteiger partial charge on any atom is 0.258 e. The number of benzene rings is 2. The van der Waals surface area contributed by atoms with E-state index in [2.05, 4.69) is 31.9 Å². The molecule has 0 radical (unpaired) electrons. The zero-order valence-corrected chi connectivity index (χ0v) is 21.4. The Hall–Kier alpha value is -2.90. The monoisotopic (exact) mass is 505 g/mol. The molecule has 0 amide bonds. The first kappa shape index (κ1) is 24.8. The number of aliphatic hydroxyl groups is 1. The normalized spacial score (nSPS) is 19.5. The number of likely N-dealkylation sites (tertiary alicyclic amines) is 1. The van der Waals surface area contributed by atoms with E-state index in [0.29, 0.717) is 28.6 Å². The van der Waals surface area contributed by atoms with Crippen molar-refractivity contribution in [3.8, 4) is 34.7 Å². The van der Waals surface area contributed by atoms with Gasteiger partial charge >= 0.3 is 0 Å². The van der Waals surface area contributed by atoms with E-state index >= 15 is 0 Å². The van der Waals surface area contributed by atoms with Crippen LogP contribution in [0.5, 0.6) is 5.75 Å². The van der Waals surface area contributed by atoms with Crippen molar-refractivity contribution in [2.75, 3.05) is 25.4 Å². The summed E-state index contributed by atoms with van der Waals surface area (Å²) >= 11 is 1.75. The molecule has 2 aliphatic rings. The number of aliphatic hydroxyl groups excluding tert-OH is 1. The fourth-order valence-electron chi connectivity index (χ4n) is 4.89. The molecule has 5 rings (SSSR count). The summed E-state index contributed by atoms with van der Waals surface area (Å²) in [5, 5.41) is 23.5. The smallest absolute Gasteiger partial charge is 0.258 e. The van der Waals surface area contributed by atoms with Gasteiger partial charge in [0.05, 0.1) is 17.8 Å². The topological polar surface area (TPSA) is 107 Å². The Morgan fingerprint density at radius 3 is 2.97 bits per heavy atom. The van der Waals surface area contributed by atoms with Crippen LogP contribution in [0.2, 0.25) is 0 Å². The molecule has 0 bridgehead atoms. The Labute approximate surface area is 215 Å². The summed E-state index contributed by atoms with van der Waals surface area (Å²) < 4.78 is 14.9. The Morgan fingerprint density at radius 2 is 2.19 bits per heavy atom. The number of hydrogen-bond donors (Lipinski definition) is 2. The first-order chi connectivity index (χ1) is 17.5. The van der Waals surface area contributed by atoms with Gasteiger partial charge in [-0.25, -0.2) is 0 Å². The van der Waals surface area contributed by atoms with Crippen LogP contribution in [0.4, 0.5) is 0 Å². The summed E-state index contributed by atoms with van der Waals surface area (Å²) in [6, 6.07) is 14.1. The lowest BCUT2D eigenvalue weighted by Gasteiger charge is -2.17. The van der Waals surface area contributed by atoms with Gasteiger partial charge in [0.2, 0.25) is 5.82 Å². The van der Waals surface area contributed by atoms with E-state index in [1.54, 1.807) is 24.1 Å². The number of fused-ring (bicyclic) bond motifs is 1. The van der Waals surface area contributed by atoms with Crippen LogP contribution >= 0.6 is 11.9 Å². The SMILES string of the molecule is CC(C)Oc1ccc(-c2nc(-c3cccc4c3CCC4NSCCN3CCC(O)C3)no2)cc1C#N. The molecule has 188 valence electrons. The lowest BCUT2D eigenvalue weighted by atomic mass is 10.0. The van der Waals surface area contributed by atoms with Gasteiger partial charge in [0, 0.05) is 42.6 Å². The van der Waals surface area contributed by atoms with Crippen LogP contribution in [-0.4, -0.2) is 57.7 Å². The molecule has 2 atom stereocenters. The third-order valence-corrected chi connectivity index (χ3v) is 7.47. The molecule has 2 heterocycles. The molecule has 1 fully saturated rings. The maximum atomic E-state index is 9.69. The highest BCUT2D eigenvalue weighted by Gasteiger charge is 2.27. The molecule has 1 aromatic heterocycles. The summed E-state index contributed by atoms with van der Waals surface area (Å²) in [6.45, 7) is 6.61. The van der Waals surface area contributed by atoms with Crippen molar-refractivity contribution in [3.63, 3.8) is 0 Å². The average molecular weight is 506 g/mol. The van der Waals surface area contributed by atoms with Gasteiger partial charge in [-0.3, -0.25) is 9.62 Å². The lowest BCUT2D eigenvalue weighted by Crippen LogP contribution is -2.25. The molecule has 1 aliphatic carbocycles. The second kappa shape index (κ2) is 11.0. The van der Waals surface area contributed by atoms with E-state index in [-0.39, 0.29) is 18.2 Å². The van der Waals surface area contributed by atoms with Gasteiger partial charge in [0.15, 0.2) is 0 Å².